The molecule has 3 aromatic heterocycles. The fourth-order valence-electron chi connectivity index (χ4n) is 17.1. The minimum absolute atomic E-state index is 0.0295. The average Bonchev–Trinajstić information content (AvgIpc) is 1.60. The molecule has 1 aromatic carbocycles. The van der Waals surface area contributed by atoms with Crippen molar-refractivity contribution in [1.82, 2.24) is 40.1 Å². The number of aliphatic hydroxyl groups excluding tert-OH is 2. The van der Waals surface area contributed by atoms with Gasteiger partial charge in [0.05, 0.1) is 156 Å². The molecule has 2 saturated heterocycles. The number of hydrogen-bond acceptors (Lipinski definition) is 29. The van der Waals surface area contributed by atoms with Crippen LogP contribution in [0.3, 0.4) is 0 Å². The van der Waals surface area contributed by atoms with Crippen molar-refractivity contribution in [3.8, 4) is 17.1 Å². The number of nitrogens with zero attached hydrogens (tertiary/aromatic N) is 5. The zero-order chi connectivity index (χ0) is 89.6. The summed E-state index contributed by atoms with van der Waals surface area (Å²) < 4.78 is 88.2. The Hall–Kier alpha value is -7.75. The minimum Gasteiger partial charge on any atom is -0.495 e. The number of ether oxygens (including phenoxy) is 15. The number of nitrogens with two attached hydrogens (primary N) is 2. The number of piperidine rings is 1. The molecule has 2 aliphatic carbocycles. The van der Waals surface area contributed by atoms with E-state index in [1.54, 1.807) is 52.7 Å². The zero-order valence-corrected chi connectivity index (χ0v) is 74.8. The Kier molecular flexibility index (Phi) is 43.0. The number of fused-ring (bicyclic) bond motifs is 5. The van der Waals surface area contributed by atoms with E-state index in [1.165, 1.54) is 11.2 Å². The number of esters is 1. The van der Waals surface area contributed by atoms with Crippen LogP contribution in [0.1, 0.15) is 162 Å². The summed E-state index contributed by atoms with van der Waals surface area (Å²) in [5, 5.41) is 45.9. The summed E-state index contributed by atoms with van der Waals surface area (Å²) in [6, 6.07) is 6.00. The third-order valence-corrected chi connectivity index (χ3v) is 24.3. The predicted octanol–water partition coefficient (Wildman–Crippen LogP) is 8.19. The first-order valence-electron chi connectivity index (χ1n) is 44.9. The standard InChI is InChI=1S/C91H140N10O24/c1-59-16-11-10-12-17-61(3)76(112-8)57-69-28-22-64(6)91(110,125-69)84(105)88(107)100-33-14-13-19-72(100)89(108)123-73(29-21-60(2)53-63(5)82(103)83(104)81(102)62(4)52-59)70(92)54-65-23-30-74(77(55-65)113-9)124-90(109)95-32-35-115-37-39-117-41-43-119-45-47-121-49-51-122-50-48-120-46-44-118-42-40-116-38-36-114-34-31-94-87(106)67-26-24-66(25-27-67)86-99-79(80-85(93)96-58-97-101(80)86)71-56-68-18-15-20-75(111-7)78(68)98-71/h10-12,15-18,20,53,56,58-60,62,64-67,69-70,72-74,76-77,82-83,98,103-104,110H,13-14,19,21-52,54-55,57,92H2,1-9H3,(H,94,106)(H,95,109)(H2,93,96,97)/b12-10+,16-11+,61-17+,63-53+/t59-,60+,62-,64-,65+,66-,67-,69+,70-,72+,73+,74-,76+,77-,82-,83+,91-/m1/s1. The molecule has 0 spiro atoms. The Balaban J connectivity index is 0.571. The molecule has 2 saturated carbocycles. The average molecular weight is 1760 g/mol. The molecule has 10 N–H and O–H groups in total. The van der Waals surface area contributed by atoms with Gasteiger partial charge in [-0.05, 0) is 158 Å². The molecule has 15 atom stereocenters. The fourth-order valence-corrected chi connectivity index (χ4v) is 17.1. The van der Waals surface area contributed by atoms with Crippen LogP contribution in [0.4, 0.5) is 10.6 Å². The number of carbonyl (C=O) groups excluding carboxylic acids is 6. The van der Waals surface area contributed by atoms with Gasteiger partial charge in [0, 0.05) is 75.4 Å². The van der Waals surface area contributed by atoms with Crippen LogP contribution < -0.4 is 26.8 Å². The molecule has 6 heterocycles. The Labute approximate surface area is 734 Å². The molecule has 4 aromatic rings. The number of aliphatic hydroxyl groups is 3. The second-order valence-electron chi connectivity index (χ2n) is 33.6. The van der Waals surface area contributed by atoms with Crippen LogP contribution in [0.2, 0.25) is 0 Å². The van der Waals surface area contributed by atoms with Gasteiger partial charge in [0.1, 0.15) is 59.6 Å². The highest BCUT2D eigenvalue weighted by atomic mass is 16.6. The molecule has 34 heteroatoms. The molecule has 9 rings (SSSR count). The number of rotatable bonds is 40. The number of methoxy groups -OCH3 is 3. The van der Waals surface area contributed by atoms with E-state index in [9.17, 15) is 44.1 Å². The van der Waals surface area contributed by atoms with Crippen molar-refractivity contribution >= 4 is 57.7 Å². The van der Waals surface area contributed by atoms with Gasteiger partial charge < -0.3 is 118 Å². The lowest BCUT2D eigenvalue weighted by atomic mass is 9.80. The Bertz CT molecular complexity index is 4090. The lowest BCUT2D eigenvalue weighted by Gasteiger charge is -2.42. The topological polar surface area (TPSA) is 440 Å². The SMILES string of the molecule is COc1cccc2cc(-c3nc([C@H]4CC[C@H](C(=O)NCCOCCOCCOCCOCCOCCOCCOCCOCCOCCNC(=O)O[C@@H]5CC[C@@H](C[C@@H](N)[C@@H]6CC[C@H](C)/C=C(\C)[C@@H](O)[C@@H](O)C(=O)[C@H](C)C[C@H](C)/C=C/C=C/C=C(\C)[C@@H](OC)C[C@@H]7CC[C@@H](C)[C@@](O)(O7)C(=O)C(=O)N7CCCC[C@H]7C(=O)O6)C[C@H]5OC)CC4)n4ncnc(N)c34)[nH]c12. The van der Waals surface area contributed by atoms with Crippen molar-refractivity contribution in [2.75, 3.05) is 166 Å². The lowest BCUT2D eigenvalue weighted by Crippen LogP contribution is -2.61. The monoisotopic (exact) mass is 1760 g/mol. The van der Waals surface area contributed by atoms with Gasteiger partial charge in [0.25, 0.3) is 11.7 Å². The van der Waals surface area contributed by atoms with E-state index < -0.39 is 102 Å². The van der Waals surface area contributed by atoms with Crippen LogP contribution in [0, 0.1) is 35.5 Å². The number of alkyl carbamates (subject to hydrolysis) is 1. The van der Waals surface area contributed by atoms with Crippen molar-refractivity contribution < 1.29 is 115 Å². The van der Waals surface area contributed by atoms with Gasteiger partial charge in [0.2, 0.25) is 11.7 Å². The summed E-state index contributed by atoms with van der Waals surface area (Å²) in [4.78, 5) is 97.3. The third-order valence-electron chi connectivity index (χ3n) is 24.3. The number of para-hydroxylation sites is 1. The predicted molar refractivity (Wildman–Crippen MR) is 465 cm³/mol. The lowest BCUT2D eigenvalue weighted by molar-refractivity contribution is -0.265. The van der Waals surface area contributed by atoms with E-state index in [2.05, 4.69) is 25.7 Å². The Morgan fingerprint density at radius 1 is 0.672 bits per heavy atom. The highest BCUT2D eigenvalue weighted by molar-refractivity contribution is 6.39. The maximum absolute atomic E-state index is 14.7. The first kappa shape index (κ1) is 101. The Morgan fingerprint density at radius 2 is 1.30 bits per heavy atom. The number of imidazole rings is 1. The number of carbonyl (C=O) groups is 6. The summed E-state index contributed by atoms with van der Waals surface area (Å²) in [6.45, 7) is 18.5. The second kappa shape index (κ2) is 53.3. The molecule has 125 heavy (non-hydrogen) atoms. The molecular weight excluding hydrogens is 1620 g/mol. The van der Waals surface area contributed by atoms with Crippen molar-refractivity contribution in [3.05, 3.63) is 84.0 Å². The quantitative estimate of drug-likeness (QED) is 0.00900. The maximum Gasteiger partial charge on any atom is 0.407 e. The van der Waals surface area contributed by atoms with Crippen LogP contribution in [0.25, 0.3) is 27.8 Å². The molecule has 3 aliphatic heterocycles. The first-order valence-corrected chi connectivity index (χ1v) is 44.9. The zero-order valence-electron chi connectivity index (χ0n) is 74.8. The minimum atomic E-state index is -2.46. The van der Waals surface area contributed by atoms with Gasteiger partial charge in [0.15, 0.2) is 11.6 Å². The number of amides is 3. The van der Waals surface area contributed by atoms with Crippen molar-refractivity contribution in [1.29, 1.82) is 0 Å². The molecule has 5 aliphatic rings. The number of H-pyrrole nitrogens is 1. The number of nitrogen functional groups attached to an aromatic ring is 1. The molecule has 3 amide bonds. The van der Waals surface area contributed by atoms with Gasteiger partial charge in [-0.15, -0.1) is 0 Å². The molecule has 698 valence electrons. The molecule has 34 nitrogen and oxygen atoms in total. The van der Waals surface area contributed by atoms with Crippen LogP contribution in [0.15, 0.2) is 78.2 Å². The van der Waals surface area contributed by atoms with Crippen molar-refractivity contribution in [2.45, 2.75) is 217 Å². The highest BCUT2D eigenvalue weighted by Crippen LogP contribution is 2.42. The fraction of sp³-hybridized carbons (Fsp3) is 0.703. The number of benzene rings is 1. The van der Waals surface area contributed by atoms with Crippen molar-refractivity contribution in [3.63, 3.8) is 0 Å². The van der Waals surface area contributed by atoms with Gasteiger partial charge in [-0.3, -0.25) is 19.2 Å². The van der Waals surface area contributed by atoms with E-state index in [0.717, 1.165) is 59.4 Å². The summed E-state index contributed by atoms with van der Waals surface area (Å²) in [6.07, 6.45) is 14.4. The molecular formula is C91H140N10O24. The van der Waals surface area contributed by atoms with E-state index in [-0.39, 0.29) is 68.0 Å². The number of hydrogen-bond donors (Lipinski definition) is 8. The summed E-state index contributed by atoms with van der Waals surface area (Å²) in [5.41, 5.74) is 17.7. The molecule has 4 fully saturated rings. The number of anilines is 1. The second-order valence-corrected chi connectivity index (χ2v) is 33.6. The number of ketones is 2. The third kappa shape index (κ3) is 31.0. The van der Waals surface area contributed by atoms with Gasteiger partial charge in [-0.1, -0.05) is 76.3 Å². The van der Waals surface area contributed by atoms with Crippen LogP contribution in [-0.4, -0.2) is 301 Å². The van der Waals surface area contributed by atoms with Crippen molar-refractivity contribution in [2.24, 2.45) is 41.2 Å². The number of aromatic amines is 1. The molecule has 0 radical (unpaired) electrons. The maximum atomic E-state index is 14.7. The van der Waals surface area contributed by atoms with Crippen LogP contribution >= 0.6 is 0 Å². The normalized spacial score (nSPS) is 28.6. The molecule has 2 bridgehead atoms. The summed E-state index contributed by atoms with van der Waals surface area (Å²) in [5.74, 6) is -5.58. The first-order chi connectivity index (χ1) is 60.4. The van der Waals surface area contributed by atoms with E-state index in [4.69, 9.17) is 87.5 Å². The smallest absolute Gasteiger partial charge is 0.407 e. The Morgan fingerprint density at radius 3 is 1.91 bits per heavy atom. The number of cyclic esters (lactones) is 1. The van der Waals surface area contributed by atoms with E-state index in [0.29, 0.717) is 212 Å². The highest BCUT2D eigenvalue weighted by Gasteiger charge is 2.53. The summed E-state index contributed by atoms with van der Waals surface area (Å²) >= 11 is 0. The number of aromatic nitrogens is 5. The molecule has 0 unspecified atom stereocenters. The number of nitrogens with one attached hydrogen (secondary N) is 3. The van der Waals surface area contributed by atoms with E-state index in [1.807, 2.05) is 75.4 Å². The van der Waals surface area contributed by atoms with E-state index >= 15 is 0 Å². The van der Waals surface area contributed by atoms with Gasteiger partial charge in [-0.25, -0.2) is 24.1 Å². The van der Waals surface area contributed by atoms with Crippen LogP contribution in [0.5, 0.6) is 5.75 Å². The number of Topliss-reactive ketones (excluding diaryl/α,β-unsaturated/α-hetero) is 2. The number of allylic oxidation sites excluding steroid dienone is 6. The van der Waals surface area contributed by atoms with Crippen LogP contribution in [-0.2, 0) is 90.3 Å². The van der Waals surface area contributed by atoms with Gasteiger partial charge in [-0.2, -0.15) is 5.10 Å². The van der Waals surface area contributed by atoms with Gasteiger partial charge >= 0.3 is 12.1 Å². The summed E-state index contributed by atoms with van der Waals surface area (Å²) in [7, 11) is 4.76. The largest absolute Gasteiger partial charge is 0.495 e.